The lowest BCUT2D eigenvalue weighted by Crippen LogP contribution is -2.49. The lowest BCUT2D eigenvalue weighted by Gasteiger charge is -2.33. The molecular formula is C11H20N4O. The van der Waals surface area contributed by atoms with Crippen molar-refractivity contribution < 1.29 is 4.79 Å². The molecule has 0 aromatic rings. The standard InChI is InChI=1S/C11H20N4O/c1-2-15(9-11(16)14-7-5-12)10-4-3-6-13-8-10/h10,13H,2-4,6-9H2,1H3,(H,14,16). The first-order chi connectivity index (χ1) is 7.77. The third-order valence-corrected chi connectivity index (χ3v) is 2.90. The van der Waals surface area contributed by atoms with E-state index in [9.17, 15) is 4.79 Å². The predicted molar refractivity (Wildman–Crippen MR) is 61.8 cm³/mol. The van der Waals surface area contributed by atoms with Gasteiger partial charge in [0.2, 0.25) is 5.91 Å². The first kappa shape index (κ1) is 12.9. The second-order valence-corrected chi connectivity index (χ2v) is 4.00. The number of rotatable bonds is 5. The average Bonchev–Trinajstić information content (AvgIpc) is 2.34. The van der Waals surface area contributed by atoms with Crippen molar-refractivity contribution in [3.8, 4) is 6.07 Å². The zero-order valence-electron chi connectivity index (χ0n) is 9.83. The van der Waals surface area contributed by atoms with Crippen LogP contribution in [0.5, 0.6) is 0 Å². The maximum atomic E-state index is 11.5. The third kappa shape index (κ3) is 4.17. The Morgan fingerprint density at radius 1 is 1.69 bits per heavy atom. The van der Waals surface area contributed by atoms with Crippen LogP contribution in [0.4, 0.5) is 0 Å². The fourth-order valence-corrected chi connectivity index (χ4v) is 2.02. The predicted octanol–water partition coefficient (Wildman–Crippen LogP) is -0.300. The molecule has 0 aliphatic carbocycles. The van der Waals surface area contributed by atoms with Crippen LogP contribution in [0.2, 0.25) is 0 Å². The molecular weight excluding hydrogens is 204 g/mol. The summed E-state index contributed by atoms with van der Waals surface area (Å²) in [7, 11) is 0. The number of nitrogens with zero attached hydrogens (tertiary/aromatic N) is 2. The molecule has 0 saturated carbocycles. The second kappa shape index (κ2) is 7.20. The number of carbonyl (C=O) groups is 1. The third-order valence-electron chi connectivity index (χ3n) is 2.90. The molecule has 1 heterocycles. The monoisotopic (exact) mass is 224 g/mol. The van der Waals surface area contributed by atoms with Crippen LogP contribution in [0, 0.1) is 11.3 Å². The first-order valence-electron chi connectivity index (χ1n) is 5.86. The summed E-state index contributed by atoms with van der Waals surface area (Å²) in [4.78, 5) is 13.7. The number of hydrogen-bond acceptors (Lipinski definition) is 4. The van der Waals surface area contributed by atoms with Gasteiger partial charge >= 0.3 is 0 Å². The lowest BCUT2D eigenvalue weighted by molar-refractivity contribution is -0.122. The Morgan fingerprint density at radius 3 is 3.06 bits per heavy atom. The van der Waals surface area contributed by atoms with Gasteiger partial charge < -0.3 is 10.6 Å². The SMILES string of the molecule is CCN(CC(=O)NCC#N)C1CCCNC1. The molecule has 1 atom stereocenters. The Morgan fingerprint density at radius 2 is 2.50 bits per heavy atom. The van der Waals surface area contributed by atoms with E-state index in [2.05, 4.69) is 22.5 Å². The van der Waals surface area contributed by atoms with Crippen LogP contribution in [0.3, 0.4) is 0 Å². The van der Waals surface area contributed by atoms with Gasteiger partial charge in [-0.15, -0.1) is 0 Å². The second-order valence-electron chi connectivity index (χ2n) is 4.00. The van der Waals surface area contributed by atoms with Crippen LogP contribution in [0.25, 0.3) is 0 Å². The number of amides is 1. The molecule has 0 aromatic carbocycles. The average molecular weight is 224 g/mol. The van der Waals surface area contributed by atoms with Crippen molar-refractivity contribution in [3.63, 3.8) is 0 Å². The summed E-state index contributed by atoms with van der Waals surface area (Å²) >= 11 is 0. The van der Waals surface area contributed by atoms with Crippen LogP contribution in [0.15, 0.2) is 0 Å². The molecule has 90 valence electrons. The van der Waals surface area contributed by atoms with Crippen molar-refractivity contribution in [2.24, 2.45) is 0 Å². The molecule has 1 unspecified atom stereocenters. The first-order valence-corrected chi connectivity index (χ1v) is 5.86. The van der Waals surface area contributed by atoms with E-state index in [0.29, 0.717) is 12.6 Å². The fourth-order valence-electron chi connectivity index (χ4n) is 2.02. The van der Waals surface area contributed by atoms with Crippen molar-refractivity contribution in [1.29, 1.82) is 5.26 Å². The molecule has 2 N–H and O–H groups in total. The van der Waals surface area contributed by atoms with Crippen molar-refractivity contribution >= 4 is 5.91 Å². The minimum Gasteiger partial charge on any atom is -0.342 e. The Bertz CT molecular complexity index is 255. The van der Waals surface area contributed by atoms with E-state index in [0.717, 1.165) is 26.1 Å². The van der Waals surface area contributed by atoms with Crippen LogP contribution >= 0.6 is 0 Å². The quantitative estimate of drug-likeness (QED) is 0.629. The fraction of sp³-hybridized carbons (Fsp3) is 0.818. The molecule has 0 aromatic heterocycles. The summed E-state index contributed by atoms with van der Waals surface area (Å²) in [5.74, 6) is -0.0611. The van der Waals surface area contributed by atoms with Crippen molar-refractivity contribution in [2.75, 3.05) is 32.7 Å². The Kier molecular flexibility index (Phi) is 5.83. The van der Waals surface area contributed by atoms with E-state index >= 15 is 0 Å². The molecule has 1 aliphatic rings. The van der Waals surface area contributed by atoms with Gasteiger partial charge in [0.15, 0.2) is 0 Å². The molecule has 1 amide bonds. The largest absolute Gasteiger partial charge is 0.342 e. The van der Waals surface area contributed by atoms with Crippen molar-refractivity contribution in [1.82, 2.24) is 15.5 Å². The van der Waals surface area contributed by atoms with Gasteiger partial charge in [-0.05, 0) is 25.9 Å². The highest BCUT2D eigenvalue weighted by Gasteiger charge is 2.21. The highest BCUT2D eigenvalue weighted by atomic mass is 16.2. The highest BCUT2D eigenvalue weighted by Crippen LogP contribution is 2.09. The number of likely N-dealkylation sites (N-methyl/N-ethyl adjacent to an activating group) is 1. The molecule has 1 saturated heterocycles. The molecule has 5 nitrogen and oxygen atoms in total. The minimum absolute atomic E-state index is 0.0611. The summed E-state index contributed by atoms with van der Waals surface area (Å²) in [5.41, 5.74) is 0. The van der Waals surface area contributed by atoms with Gasteiger partial charge in [0.25, 0.3) is 0 Å². The van der Waals surface area contributed by atoms with Gasteiger partial charge in [0.1, 0.15) is 6.54 Å². The molecule has 1 fully saturated rings. The zero-order valence-corrected chi connectivity index (χ0v) is 9.83. The molecule has 0 bridgehead atoms. The molecule has 16 heavy (non-hydrogen) atoms. The smallest absolute Gasteiger partial charge is 0.235 e. The normalized spacial score (nSPS) is 20.4. The van der Waals surface area contributed by atoms with Crippen molar-refractivity contribution in [2.45, 2.75) is 25.8 Å². The van der Waals surface area contributed by atoms with Crippen LogP contribution in [-0.2, 0) is 4.79 Å². The van der Waals surface area contributed by atoms with Gasteiger partial charge in [0.05, 0.1) is 12.6 Å². The van der Waals surface area contributed by atoms with E-state index < -0.39 is 0 Å². The number of nitrogens with one attached hydrogen (secondary N) is 2. The molecule has 5 heteroatoms. The Balaban J connectivity index is 2.35. The van der Waals surface area contributed by atoms with Gasteiger partial charge in [0, 0.05) is 12.6 Å². The lowest BCUT2D eigenvalue weighted by atomic mass is 10.1. The summed E-state index contributed by atoms with van der Waals surface area (Å²) in [6.45, 7) is 5.45. The zero-order chi connectivity index (χ0) is 11.8. The summed E-state index contributed by atoms with van der Waals surface area (Å²) in [5, 5.41) is 14.3. The maximum Gasteiger partial charge on any atom is 0.235 e. The van der Waals surface area contributed by atoms with E-state index in [1.54, 1.807) is 0 Å². The summed E-state index contributed by atoms with van der Waals surface area (Å²) in [6.07, 6.45) is 2.31. The topological polar surface area (TPSA) is 68.2 Å². The highest BCUT2D eigenvalue weighted by molar-refractivity contribution is 5.78. The molecule has 1 rings (SSSR count). The van der Waals surface area contributed by atoms with Gasteiger partial charge in [-0.3, -0.25) is 9.69 Å². The molecule has 0 spiro atoms. The number of hydrogen-bond donors (Lipinski definition) is 2. The minimum atomic E-state index is -0.0611. The van der Waals surface area contributed by atoms with Gasteiger partial charge in [-0.2, -0.15) is 5.26 Å². The van der Waals surface area contributed by atoms with Crippen LogP contribution in [-0.4, -0.2) is 49.6 Å². The van der Waals surface area contributed by atoms with Crippen molar-refractivity contribution in [3.05, 3.63) is 0 Å². The summed E-state index contributed by atoms with van der Waals surface area (Å²) in [6, 6.07) is 2.36. The van der Waals surface area contributed by atoms with E-state index in [-0.39, 0.29) is 12.5 Å². The number of nitriles is 1. The molecule has 1 aliphatic heterocycles. The van der Waals surface area contributed by atoms with Crippen LogP contribution < -0.4 is 10.6 Å². The summed E-state index contributed by atoms with van der Waals surface area (Å²) < 4.78 is 0. The van der Waals surface area contributed by atoms with E-state index in [1.165, 1.54) is 6.42 Å². The van der Waals surface area contributed by atoms with Crippen LogP contribution in [0.1, 0.15) is 19.8 Å². The Labute approximate surface area is 96.8 Å². The maximum absolute atomic E-state index is 11.5. The van der Waals surface area contributed by atoms with E-state index in [4.69, 9.17) is 5.26 Å². The van der Waals surface area contributed by atoms with Gasteiger partial charge in [-0.25, -0.2) is 0 Å². The molecule has 0 radical (unpaired) electrons. The Hall–Kier alpha value is -1.12. The number of carbonyl (C=O) groups excluding carboxylic acids is 1. The number of piperidine rings is 1. The van der Waals surface area contributed by atoms with E-state index in [1.807, 2.05) is 6.07 Å². The van der Waals surface area contributed by atoms with Gasteiger partial charge in [-0.1, -0.05) is 6.92 Å².